The number of carboxylic acids is 1. The molecule has 1 heterocycles. The second-order valence-corrected chi connectivity index (χ2v) is 4.94. The van der Waals surface area contributed by atoms with Gasteiger partial charge in [-0.1, -0.05) is 13.8 Å². The van der Waals surface area contributed by atoms with Gasteiger partial charge < -0.3 is 15.7 Å². The second kappa shape index (κ2) is 5.47. The van der Waals surface area contributed by atoms with Gasteiger partial charge in [0.25, 0.3) is 0 Å². The van der Waals surface area contributed by atoms with Gasteiger partial charge in [0.2, 0.25) is 0 Å². The van der Waals surface area contributed by atoms with Crippen LogP contribution < -0.4 is 5.73 Å². The Balaban J connectivity index is 2.29. The molecule has 2 unspecified atom stereocenters. The van der Waals surface area contributed by atoms with E-state index < -0.39 is 12.0 Å². The molecule has 0 aromatic heterocycles. The number of nitrogens with two attached hydrogens (primary N) is 1. The van der Waals surface area contributed by atoms with Crippen LogP contribution in [0.15, 0.2) is 0 Å². The molecule has 3 atom stereocenters. The number of hydrogen-bond acceptors (Lipinski definition) is 3. The third kappa shape index (κ3) is 4.18. The van der Waals surface area contributed by atoms with E-state index in [1.807, 2.05) is 0 Å². The van der Waals surface area contributed by atoms with Crippen LogP contribution in [-0.2, 0) is 4.79 Å². The van der Waals surface area contributed by atoms with Crippen molar-refractivity contribution in [3.8, 4) is 0 Å². The lowest BCUT2D eigenvalue weighted by Crippen LogP contribution is -2.42. The van der Waals surface area contributed by atoms with Crippen LogP contribution in [0.25, 0.3) is 0 Å². The Morgan fingerprint density at radius 1 is 1.47 bits per heavy atom. The number of likely N-dealkylation sites (tertiary alicyclic amines) is 1. The lowest BCUT2D eigenvalue weighted by molar-refractivity contribution is -0.138. The van der Waals surface area contributed by atoms with Gasteiger partial charge in [0.05, 0.1) is 0 Å². The lowest BCUT2D eigenvalue weighted by Gasteiger charge is -2.35. The van der Waals surface area contributed by atoms with Crippen molar-refractivity contribution in [3.05, 3.63) is 0 Å². The van der Waals surface area contributed by atoms with Gasteiger partial charge in [0.15, 0.2) is 0 Å². The van der Waals surface area contributed by atoms with Gasteiger partial charge in [-0.2, -0.15) is 0 Å². The van der Waals surface area contributed by atoms with Crippen molar-refractivity contribution in [1.82, 2.24) is 4.90 Å². The first kappa shape index (κ1) is 12.5. The monoisotopic (exact) mass is 214 g/mol. The van der Waals surface area contributed by atoms with Crippen molar-refractivity contribution >= 4 is 5.97 Å². The standard InChI is InChI=1S/C11H22N2O2/c1-8-5-9(2)7-13(6-8)4-3-10(12)11(14)15/h8-10H,3-7,12H2,1-2H3,(H,14,15)/t8?,9?,10-/m1/s1. The summed E-state index contributed by atoms with van der Waals surface area (Å²) in [5, 5.41) is 8.67. The van der Waals surface area contributed by atoms with Gasteiger partial charge in [-0.05, 0) is 24.7 Å². The molecule has 0 spiro atoms. The van der Waals surface area contributed by atoms with Gasteiger partial charge in [-0.25, -0.2) is 0 Å². The molecule has 1 aliphatic heterocycles. The zero-order chi connectivity index (χ0) is 11.4. The van der Waals surface area contributed by atoms with E-state index in [1.54, 1.807) is 0 Å². The zero-order valence-corrected chi connectivity index (χ0v) is 9.65. The molecule has 1 saturated heterocycles. The molecule has 1 fully saturated rings. The maximum Gasteiger partial charge on any atom is 0.320 e. The number of carbonyl (C=O) groups is 1. The fourth-order valence-corrected chi connectivity index (χ4v) is 2.42. The average Bonchev–Trinajstić information content (AvgIpc) is 2.12. The largest absolute Gasteiger partial charge is 0.480 e. The van der Waals surface area contributed by atoms with Gasteiger partial charge in [0, 0.05) is 19.6 Å². The molecule has 15 heavy (non-hydrogen) atoms. The fraction of sp³-hybridized carbons (Fsp3) is 0.909. The quantitative estimate of drug-likeness (QED) is 0.725. The van der Waals surface area contributed by atoms with Crippen LogP contribution in [0.4, 0.5) is 0 Å². The molecule has 0 aromatic carbocycles. The maximum absolute atomic E-state index is 10.6. The Morgan fingerprint density at radius 3 is 2.47 bits per heavy atom. The molecule has 1 aliphatic rings. The Labute approximate surface area is 91.4 Å². The van der Waals surface area contributed by atoms with Crippen molar-refractivity contribution < 1.29 is 9.90 Å². The van der Waals surface area contributed by atoms with E-state index in [9.17, 15) is 4.79 Å². The Hall–Kier alpha value is -0.610. The SMILES string of the molecule is CC1CC(C)CN(CC[C@@H](N)C(=O)O)C1. The summed E-state index contributed by atoms with van der Waals surface area (Å²) in [5.74, 6) is 0.540. The number of hydrogen-bond donors (Lipinski definition) is 2. The van der Waals surface area contributed by atoms with Crippen LogP contribution in [0, 0.1) is 11.8 Å². The molecule has 0 amide bonds. The number of piperidine rings is 1. The summed E-state index contributed by atoms with van der Waals surface area (Å²) >= 11 is 0. The van der Waals surface area contributed by atoms with E-state index in [4.69, 9.17) is 10.8 Å². The molecular weight excluding hydrogens is 192 g/mol. The summed E-state index contributed by atoms with van der Waals surface area (Å²) in [7, 11) is 0. The van der Waals surface area contributed by atoms with Crippen LogP contribution >= 0.6 is 0 Å². The number of carboxylic acid groups (broad SMARTS) is 1. The predicted octanol–water partition coefficient (Wildman–Crippen LogP) is 0.766. The highest BCUT2D eigenvalue weighted by molar-refractivity contribution is 5.72. The summed E-state index contributed by atoms with van der Waals surface area (Å²) in [6.45, 7) is 7.47. The fourth-order valence-electron chi connectivity index (χ4n) is 2.42. The molecule has 4 heteroatoms. The van der Waals surface area contributed by atoms with Crippen molar-refractivity contribution in [2.75, 3.05) is 19.6 Å². The Kier molecular flexibility index (Phi) is 4.54. The Morgan fingerprint density at radius 2 is 2.00 bits per heavy atom. The van der Waals surface area contributed by atoms with E-state index in [1.165, 1.54) is 6.42 Å². The highest BCUT2D eigenvalue weighted by Crippen LogP contribution is 2.20. The first-order valence-corrected chi connectivity index (χ1v) is 5.69. The van der Waals surface area contributed by atoms with E-state index in [0.29, 0.717) is 6.42 Å². The van der Waals surface area contributed by atoms with Gasteiger partial charge in [0.1, 0.15) is 6.04 Å². The van der Waals surface area contributed by atoms with Gasteiger partial charge >= 0.3 is 5.97 Å². The van der Waals surface area contributed by atoms with Gasteiger partial charge in [-0.3, -0.25) is 4.79 Å². The minimum atomic E-state index is -0.895. The average molecular weight is 214 g/mol. The minimum absolute atomic E-state index is 0.550. The van der Waals surface area contributed by atoms with E-state index in [-0.39, 0.29) is 0 Å². The van der Waals surface area contributed by atoms with Crippen LogP contribution in [0.5, 0.6) is 0 Å². The molecule has 1 rings (SSSR count). The summed E-state index contributed by atoms with van der Waals surface area (Å²) in [5.41, 5.74) is 5.48. The number of aliphatic carboxylic acids is 1. The van der Waals surface area contributed by atoms with E-state index >= 15 is 0 Å². The Bertz CT molecular complexity index is 211. The molecule has 0 saturated carbocycles. The normalized spacial score (nSPS) is 30.1. The third-order valence-corrected chi connectivity index (χ3v) is 3.02. The smallest absolute Gasteiger partial charge is 0.320 e. The lowest BCUT2D eigenvalue weighted by atomic mass is 9.92. The highest BCUT2D eigenvalue weighted by atomic mass is 16.4. The summed E-state index contributed by atoms with van der Waals surface area (Å²) < 4.78 is 0. The van der Waals surface area contributed by atoms with Crippen molar-refractivity contribution in [2.24, 2.45) is 17.6 Å². The molecular formula is C11H22N2O2. The van der Waals surface area contributed by atoms with E-state index in [2.05, 4.69) is 18.7 Å². The molecule has 0 aliphatic carbocycles. The number of rotatable bonds is 4. The molecule has 88 valence electrons. The first-order valence-electron chi connectivity index (χ1n) is 5.69. The molecule has 0 radical (unpaired) electrons. The second-order valence-electron chi connectivity index (χ2n) is 4.94. The molecule has 3 N–H and O–H groups in total. The summed E-state index contributed by atoms with van der Waals surface area (Å²) in [6, 6.07) is -0.711. The zero-order valence-electron chi connectivity index (χ0n) is 9.65. The van der Waals surface area contributed by atoms with Crippen LogP contribution in [-0.4, -0.2) is 41.7 Å². The van der Waals surface area contributed by atoms with E-state index in [0.717, 1.165) is 31.5 Å². The molecule has 0 aromatic rings. The van der Waals surface area contributed by atoms with Crippen molar-refractivity contribution in [2.45, 2.75) is 32.7 Å². The number of nitrogens with zero attached hydrogens (tertiary/aromatic N) is 1. The van der Waals surface area contributed by atoms with Crippen molar-refractivity contribution in [3.63, 3.8) is 0 Å². The molecule has 4 nitrogen and oxygen atoms in total. The van der Waals surface area contributed by atoms with Gasteiger partial charge in [-0.15, -0.1) is 0 Å². The summed E-state index contributed by atoms with van der Waals surface area (Å²) in [4.78, 5) is 12.9. The predicted molar refractivity (Wildman–Crippen MR) is 59.6 cm³/mol. The van der Waals surface area contributed by atoms with Crippen LogP contribution in [0.2, 0.25) is 0 Å². The first-order chi connectivity index (χ1) is 6.99. The van der Waals surface area contributed by atoms with Crippen LogP contribution in [0.3, 0.4) is 0 Å². The highest BCUT2D eigenvalue weighted by Gasteiger charge is 2.22. The summed E-state index contributed by atoms with van der Waals surface area (Å²) in [6.07, 6.45) is 1.83. The minimum Gasteiger partial charge on any atom is -0.480 e. The maximum atomic E-state index is 10.6. The molecule has 0 bridgehead atoms. The topological polar surface area (TPSA) is 66.6 Å². The van der Waals surface area contributed by atoms with Crippen LogP contribution in [0.1, 0.15) is 26.7 Å². The van der Waals surface area contributed by atoms with Crippen molar-refractivity contribution in [1.29, 1.82) is 0 Å². The third-order valence-electron chi connectivity index (χ3n) is 3.02.